The molecule has 4 nitrogen and oxygen atoms in total. The van der Waals surface area contributed by atoms with Gasteiger partial charge in [-0.2, -0.15) is 0 Å². The van der Waals surface area contributed by atoms with Gasteiger partial charge in [0.25, 0.3) is 0 Å². The number of aromatic nitrogens is 1. The molecule has 1 aromatic carbocycles. The van der Waals surface area contributed by atoms with Crippen LogP contribution in [-0.2, 0) is 11.3 Å². The number of amides is 1. The molecule has 0 N–H and O–H groups in total. The number of hydrogen-bond acceptors (Lipinski definition) is 3. The zero-order chi connectivity index (χ0) is 12.8. The minimum Gasteiger partial charge on any atom is -0.444 e. The van der Waals surface area contributed by atoms with Crippen molar-refractivity contribution in [3.8, 4) is 0 Å². The zero-order valence-electron chi connectivity index (χ0n) is 10.1. The van der Waals surface area contributed by atoms with Crippen LogP contribution in [0.25, 0.3) is 0 Å². The number of carbonyl (C=O) groups excluding carboxylic acids is 1. The van der Waals surface area contributed by atoms with Crippen molar-refractivity contribution in [2.75, 3.05) is 11.9 Å². The molecule has 0 bridgehead atoms. The van der Waals surface area contributed by atoms with Crippen molar-refractivity contribution >= 4 is 11.8 Å². The van der Waals surface area contributed by atoms with Gasteiger partial charge in [-0.05, 0) is 17.7 Å². The molecular formula is C14H14N2O2. The van der Waals surface area contributed by atoms with Crippen molar-refractivity contribution in [3.63, 3.8) is 0 Å². The minimum atomic E-state index is -0.384. The quantitative estimate of drug-likeness (QED) is 0.831. The maximum absolute atomic E-state index is 11.8. The summed E-state index contributed by atoms with van der Waals surface area (Å²) in [4.78, 5) is 17.2. The van der Waals surface area contributed by atoms with Crippen molar-refractivity contribution in [1.82, 2.24) is 4.98 Å². The molecule has 0 atom stereocenters. The molecule has 1 amide bonds. The van der Waals surface area contributed by atoms with Crippen LogP contribution >= 0.6 is 0 Å². The van der Waals surface area contributed by atoms with Crippen molar-refractivity contribution in [1.29, 1.82) is 0 Å². The van der Waals surface area contributed by atoms with E-state index < -0.39 is 0 Å². The lowest BCUT2D eigenvalue weighted by molar-refractivity contribution is 0.148. The van der Waals surface area contributed by atoms with Gasteiger partial charge in [0.05, 0.1) is 0 Å². The van der Waals surface area contributed by atoms with Crippen LogP contribution in [0, 0.1) is 0 Å². The van der Waals surface area contributed by atoms with Crippen LogP contribution in [0.15, 0.2) is 54.9 Å². The Morgan fingerprint density at radius 2 is 1.83 bits per heavy atom. The van der Waals surface area contributed by atoms with Crippen molar-refractivity contribution in [2.45, 2.75) is 6.61 Å². The summed E-state index contributed by atoms with van der Waals surface area (Å²) in [6.45, 7) is 0.273. The molecule has 0 unspecified atom stereocenters. The van der Waals surface area contributed by atoms with Gasteiger partial charge in [-0.15, -0.1) is 0 Å². The summed E-state index contributed by atoms with van der Waals surface area (Å²) in [5.74, 6) is 0. The number of benzene rings is 1. The predicted molar refractivity (Wildman–Crippen MR) is 69.3 cm³/mol. The maximum Gasteiger partial charge on any atom is 0.414 e. The molecule has 0 radical (unpaired) electrons. The largest absolute Gasteiger partial charge is 0.444 e. The van der Waals surface area contributed by atoms with Gasteiger partial charge in [0.15, 0.2) is 0 Å². The molecule has 92 valence electrons. The SMILES string of the molecule is CN(C(=O)OCc1ccccc1)c1ccncc1. The van der Waals surface area contributed by atoms with Gasteiger partial charge >= 0.3 is 6.09 Å². The summed E-state index contributed by atoms with van der Waals surface area (Å²) in [5, 5.41) is 0. The molecule has 0 aliphatic heterocycles. The van der Waals surface area contributed by atoms with Crippen LogP contribution < -0.4 is 4.90 Å². The van der Waals surface area contributed by atoms with Crippen LogP contribution in [-0.4, -0.2) is 18.1 Å². The summed E-state index contributed by atoms with van der Waals surface area (Å²) in [5.41, 5.74) is 1.72. The summed E-state index contributed by atoms with van der Waals surface area (Å²) >= 11 is 0. The van der Waals surface area contributed by atoms with Gasteiger partial charge in [0.1, 0.15) is 6.61 Å². The van der Waals surface area contributed by atoms with E-state index in [4.69, 9.17) is 4.74 Å². The molecule has 0 fully saturated rings. The normalized spacial score (nSPS) is 9.83. The second kappa shape index (κ2) is 5.82. The fourth-order valence-corrected chi connectivity index (χ4v) is 1.49. The average molecular weight is 242 g/mol. The zero-order valence-corrected chi connectivity index (χ0v) is 10.1. The van der Waals surface area contributed by atoms with Crippen molar-refractivity contribution in [2.24, 2.45) is 0 Å². The fraction of sp³-hybridized carbons (Fsp3) is 0.143. The molecule has 0 saturated carbocycles. The van der Waals surface area contributed by atoms with E-state index in [1.165, 1.54) is 4.90 Å². The second-order valence-corrected chi connectivity index (χ2v) is 3.80. The third-order valence-electron chi connectivity index (χ3n) is 2.53. The lowest BCUT2D eigenvalue weighted by atomic mass is 10.2. The first-order chi connectivity index (χ1) is 8.77. The third kappa shape index (κ3) is 3.07. The maximum atomic E-state index is 11.8. The molecule has 0 aliphatic rings. The average Bonchev–Trinajstić information content (AvgIpc) is 2.46. The molecule has 0 aliphatic carbocycles. The Bertz CT molecular complexity index is 500. The topological polar surface area (TPSA) is 42.4 Å². The van der Waals surface area contributed by atoms with E-state index in [9.17, 15) is 4.79 Å². The molecule has 4 heteroatoms. The molecule has 1 heterocycles. The van der Waals surface area contributed by atoms with Crippen LogP contribution in [0.1, 0.15) is 5.56 Å². The Morgan fingerprint density at radius 3 is 2.50 bits per heavy atom. The molecule has 0 spiro atoms. The van der Waals surface area contributed by atoms with Gasteiger partial charge < -0.3 is 4.74 Å². The van der Waals surface area contributed by atoms with E-state index in [0.717, 1.165) is 11.3 Å². The predicted octanol–water partition coefficient (Wildman–Crippen LogP) is 2.85. The minimum absolute atomic E-state index is 0.273. The molecule has 2 aromatic rings. The van der Waals surface area contributed by atoms with Gasteiger partial charge in [-0.25, -0.2) is 4.79 Å². The summed E-state index contributed by atoms with van der Waals surface area (Å²) in [6, 6.07) is 13.1. The first kappa shape index (κ1) is 12.1. The highest BCUT2D eigenvalue weighted by Crippen LogP contribution is 2.11. The van der Waals surface area contributed by atoms with E-state index in [-0.39, 0.29) is 12.7 Å². The number of hydrogen-bond donors (Lipinski definition) is 0. The first-order valence-electron chi connectivity index (χ1n) is 5.62. The van der Waals surface area contributed by atoms with Crippen LogP contribution in [0.5, 0.6) is 0 Å². The highest BCUT2D eigenvalue weighted by atomic mass is 16.6. The Hall–Kier alpha value is -2.36. The highest BCUT2D eigenvalue weighted by molar-refractivity contribution is 5.86. The van der Waals surface area contributed by atoms with Gasteiger partial charge in [-0.3, -0.25) is 9.88 Å². The van der Waals surface area contributed by atoms with E-state index in [0.29, 0.717) is 0 Å². The van der Waals surface area contributed by atoms with Crippen LogP contribution in [0.4, 0.5) is 10.5 Å². The lowest BCUT2D eigenvalue weighted by Gasteiger charge is -2.16. The standard InChI is InChI=1S/C14H14N2O2/c1-16(13-7-9-15-10-8-13)14(17)18-11-12-5-3-2-4-6-12/h2-10H,11H2,1H3. The molecule has 0 saturated heterocycles. The van der Waals surface area contributed by atoms with Gasteiger partial charge in [0, 0.05) is 25.1 Å². The highest BCUT2D eigenvalue weighted by Gasteiger charge is 2.11. The van der Waals surface area contributed by atoms with Crippen LogP contribution in [0.3, 0.4) is 0 Å². The number of ether oxygens (including phenoxy) is 1. The summed E-state index contributed by atoms with van der Waals surface area (Å²) < 4.78 is 5.21. The lowest BCUT2D eigenvalue weighted by Crippen LogP contribution is -2.26. The number of carbonyl (C=O) groups is 1. The Balaban J connectivity index is 1.93. The molecule has 1 aromatic heterocycles. The Kier molecular flexibility index (Phi) is 3.91. The fourth-order valence-electron chi connectivity index (χ4n) is 1.49. The first-order valence-corrected chi connectivity index (χ1v) is 5.62. The molecule has 2 rings (SSSR count). The summed E-state index contributed by atoms with van der Waals surface area (Å²) in [6.07, 6.45) is 2.89. The molecular weight excluding hydrogens is 228 g/mol. The Morgan fingerprint density at radius 1 is 1.17 bits per heavy atom. The van der Waals surface area contributed by atoms with Gasteiger partial charge in [0.2, 0.25) is 0 Å². The van der Waals surface area contributed by atoms with E-state index in [1.54, 1.807) is 31.6 Å². The third-order valence-corrected chi connectivity index (χ3v) is 2.53. The van der Waals surface area contributed by atoms with Crippen molar-refractivity contribution < 1.29 is 9.53 Å². The van der Waals surface area contributed by atoms with Crippen LogP contribution in [0.2, 0.25) is 0 Å². The number of pyridine rings is 1. The number of nitrogens with zero attached hydrogens (tertiary/aromatic N) is 2. The number of rotatable bonds is 3. The monoisotopic (exact) mass is 242 g/mol. The summed E-state index contributed by atoms with van der Waals surface area (Å²) in [7, 11) is 1.67. The van der Waals surface area contributed by atoms with E-state index in [2.05, 4.69) is 4.98 Å². The second-order valence-electron chi connectivity index (χ2n) is 3.80. The van der Waals surface area contributed by atoms with E-state index >= 15 is 0 Å². The van der Waals surface area contributed by atoms with E-state index in [1.807, 2.05) is 30.3 Å². The number of anilines is 1. The smallest absolute Gasteiger partial charge is 0.414 e. The van der Waals surface area contributed by atoms with Gasteiger partial charge in [-0.1, -0.05) is 30.3 Å². The molecule has 18 heavy (non-hydrogen) atoms. The van der Waals surface area contributed by atoms with Crippen molar-refractivity contribution in [3.05, 3.63) is 60.4 Å². The Labute approximate surface area is 106 Å².